The summed E-state index contributed by atoms with van der Waals surface area (Å²) in [7, 11) is -3.72. The molecule has 0 unspecified atom stereocenters. The molecule has 180 valence electrons. The quantitative estimate of drug-likeness (QED) is 0.310. The Labute approximate surface area is 211 Å². The van der Waals surface area contributed by atoms with Crippen molar-refractivity contribution in [1.29, 1.82) is 0 Å². The van der Waals surface area contributed by atoms with Gasteiger partial charge in [-0.25, -0.2) is 13.4 Å². The summed E-state index contributed by atoms with van der Waals surface area (Å²) in [5.41, 5.74) is 2.69. The molecule has 0 bridgehead atoms. The average molecular weight is 541 g/mol. The number of aromatic nitrogens is 1. The van der Waals surface area contributed by atoms with Crippen molar-refractivity contribution in [2.75, 3.05) is 31.1 Å². The van der Waals surface area contributed by atoms with Crippen molar-refractivity contribution >= 4 is 55.4 Å². The molecular formula is C22H22Cl2N4O4S2. The third-order valence-corrected chi connectivity index (χ3v) is 9.42. The highest BCUT2D eigenvalue weighted by molar-refractivity contribution is 7.89. The molecule has 8 nitrogen and oxygen atoms in total. The van der Waals surface area contributed by atoms with Crippen molar-refractivity contribution < 1.29 is 13.3 Å². The zero-order valence-corrected chi connectivity index (χ0v) is 21.4. The lowest BCUT2D eigenvalue weighted by Crippen LogP contribution is -2.48. The maximum Gasteiger partial charge on any atom is 0.269 e. The third kappa shape index (κ3) is 5.36. The zero-order valence-electron chi connectivity index (χ0n) is 18.3. The van der Waals surface area contributed by atoms with E-state index in [0.717, 1.165) is 29.2 Å². The number of thiazole rings is 1. The first-order valence-corrected chi connectivity index (χ1v) is 13.6. The first kappa shape index (κ1) is 24.9. The highest BCUT2D eigenvalue weighted by Gasteiger charge is 2.31. The molecule has 0 amide bonds. The minimum Gasteiger partial charge on any atom is -0.345 e. The van der Waals surface area contributed by atoms with Crippen LogP contribution in [0.2, 0.25) is 10.0 Å². The van der Waals surface area contributed by atoms with E-state index in [-0.39, 0.29) is 15.6 Å². The molecule has 0 spiro atoms. The fourth-order valence-electron chi connectivity index (χ4n) is 3.70. The molecule has 0 N–H and O–H groups in total. The molecule has 0 saturated carbocycles. The van der Waals surface area contributed by atoms with E-state index in [1.54, 1.807) is 19.1 Å². The largest absolute Gasteiger partial charge is 0.345 e. The van der Waals surface area contributed by atoms with Gasteiger partial charge in [0.1, 0.15) is 4.90 Å². The van der Waals surface area contributed by atoms with E-state index in [4.69, 9.17) is 28.2 Å². The molecule has 1 aromatic heterocycles. The van der Waals surface area contributed by atoms with Crippen LogP contribution in [-0.4, -0.2) is 48.8 Å². The lowest BCUT2D eigenvalue weighted by Gasteiger charge is -2.34. The van der Waals surface area contributed by atoms with E-state index in [2.05, 4.69) is 4.90 Å². The maximum absolute atomic E-state index is 13.1. The molecule has 2 aromatic carbocycles. The Hall–Kier alpha value is -2.24. The highest BCUT2D eigenvalue weighted by atomic mass is 35.5. The number of hydrogen-bond donors (Lipinski definition) is 0. The Morgan fingerprint density at radius 1 is 1.06 bits per heavy atom. The predicted molar refractivity (Wildman–Crippen MR) is 135 cm³/mol. The van der Waals surface area contributed by atoms with E-state index in [1.165, 1.54) is 39.9 Å². The van der Waals surface area contributed by atoms with Gasteiger partial charge in [0.25, 0.3) is 5.69 Å². The number of sulfonamides is 1. The molecule has 0 atom stereocenters. The lowest BCUT2D eigenvalue weighted by atomic mass is 10.1. The molecule has 4 rings (SSSR count). The molecule has 1 aliphatic rings. The second-order valence-corrected chi connectivity index (χ2v) is 11.5. The zero-order chi connectivity index (χ0) is 24.5. The van der Waals surface area contributed by atoms with Crippen molar-refractivity contribution in [3.63, 3.8) is 0 Å². The fraction of sp³-hybridized carbons (Fsp3) is 0.318. The number of anilines is 1. The Balaban J connectivity index is 1.36. The summed E-state index contributed by atoms with van der Waals surface area (Å²) in [6.07, 6.45) is 1.45. The van der Waals surface area contributed by atoms with Crippen molar-refractivity contribution in [2.24, 2.45) is 0 Å². The van der Waals surface area contributed by atoms with Gasteiger partial charge in [-0.1, -0.05) is 35.3 Å². The fourth-order valence-corrected chi connectivity index (χ4v) is 6.84. The minimum atomic E-state index is -3.72. The molecule has 1 fully saturated rings. The summed E-state index contributed by atoms with van der Waals surface area (Å²) in [6.45, 7) is 3.46. The van der Waals surface area contributed by atoms with Gasteiger partial charge in [-0.05, 0) is 43.0 Å². The van der Waals surface area contributed by atoms with Crippen LogP contribution in [-0.2, 0) is 22.9 Å². The Morgan fingerprint density at radius 2 is 1.74 bits per heavy atom. The van der Waals surface area contributed by atoms with Gasteiger partial charge in [0.2, 0.25) is 10.0 Å². The standard InChI is InChI=1S/C22H22Cl2N4O4S2/c1-15-12-21(20(24)13-19(15)23)34(31,32)27-10-8-26(9-11-27)22-25-17(14-33-22)5-2-16-3-6-18(7-4-16)28(29)30/h3-4,6-7,12-14H,2,5,8-11H2,1H3. The SMILES string of the molecule is Cc1cc(S(=O)(=O)N2CCN(c3nc(CCc4ccc([N+](=O)[O-])cc4)cs3)CC2)c(Cl)cc1Cl. The Morgan fingerprint density at radius 3 is 2.38 bits per heavy atom. The van der Waals surface area contributed by atoms with Gasteiger partial charge >= 0.3 is 0 Å². The summed E-state index contributed by atoms with van der Waals surface area (Å²) >= 11 is 13.8. The van der Waals surface area contributed by atoms with Gasteiger partial charge in [0.15, 0.2) is 5.13 Å². The summed E-state index contributed by atoms with van der Waals surface area (Å²) < 4.78 is 27.7. The normalized spacial score (nSPS) is 15.0. The lowest BCUT2D eigenvalue weighted by molar-refractivity contribution is -0.384. The summed E-state index contributed by atoms with van der Waals surface area (Å²) in [5, 5.41) is 14.2. The highest BCUT2D eigenvalue weighted by Crippen LogP contribution is 2.31. The minimum absolute atomic E-state index is 0.0762. The van der Waals surface area contributed by atoms with E-state index in [9.17, 15) is 18.5 Å². The second-order valence-electron chi connectivity index (χ2n) is 7.97. The van der Waals surface area contributed by atoms with Crippen LogP contribution < -0.4 is 4.90 Å². The number of nitro benzene ring substituents is 1. The summed E-state index contributed by atoms with van der Waals surface area (Å²) in [6, 6.07) is 9.53. The van der Waals surface area contributed by atoms with E-state index in [0.29, 0.717) is 36.8 Å². The molecule has 1 aliphatic heterocycles. The van der Waals surface area contributed by atoms with Crippen LogP contribution in [0.3, 0.4) is 0 Å². The maximum atomic E-state index is 13.1. The first-order valence-electron chi connectivity index (χ1n) is 10.5. The summed E-state index contributed by atoms with van der Waals surface area (Å²) in [4.78, 5) is 17.2. The molecule has 2 heterocycles. The monoisotopic (exact) mass is 540 g/mol. The average Bonchev–Trinajstić information content (AvgIpc) is 3.29. The smallest absolute Gasteiger partial charge is 0.269 e. The van der Waals surface area contributed by atoms with Crippen molar-refractivity contribution in [1.82, 2.24) is 9.29 Å². The van der Waals surface area contributed by atoms with Crippen LogP contribution in [0.1, 0.15) is 16.8 Å². The third-order valence-electron chi connectivity index (χ3n) is 5.70. The number of aryl methyl sites for hydroxylation is 3. The van der Waals surface area contributed by atoms with Crippen LogP contribution in [0.15, 0.2) is 46.7 Å². The molecule has 1 saturated heterocycles. The van der Waals surface area contributed by atoms with E-state index < -0.39 is 14.9 Å². The van der Waals surface area contributed by atoms with Crippen molar-refractivity contribution in [3.8, 4) is 0 Å². The van der Waals surface area contributed by atoms with Gasteiger partial charge in [-0.2, -0.15) is 4.31 Å². The van der Waals surface area contributed by atoms with Crippen LogP contribution in [0.5, 0.6) is 0 Å². The molecular weight excluding hydrogens is 519 g/mol. The molecule has 0 aliphatic carbocycles. The van der Waals surface area contributed by atoms with E-state index >= 15 is 0 Å². The van der Waals surface area contributed by atoms with E-state index in [1.807, 2.05) is 5.38 Å². The van der Waals surface area contributed by atoms with Crippen LogP contribution in [0.4, 0.5) is 10.8 Å². The van der Waals surface area contributed by atoms with Gasteiger partial charge in [0.05, 0.1) is 15.6 Å². The molecule has 12 heteroatoms. The number of hydrogen-bond acceptors (Lipinski definition) is 7. The Bertz CT molecular complexity index is 1300. The number of nitrogens with zero attached hydrogens (tertiary/aromatic N) is 4. The van der Waals surface area contributed by atoms with Gasteiger partial charge in [-0.3, -0.25) is 10.1 Å². The number of nitro groups is 1. The number of benzene rings is 2. The Kier molecular flexibility index (Phi) is 7.44. The van der Waals surface area contributed by atoms with Crippen LogP contribution in [0.25, 0.3) is 0 Å². The first-order chi connectivity index (χ1) is 16.1. The number of piperazine rings is 1. The van der Waals surface area contributed by atoms with Crippen molar-refractivity contribution in [2.45, 2.75) is 24.7 Å². The number of rotatable bonds is 7. The molecule has 0 radical (unpaired) electrons. The van der Waals surface area contributed by atoms with Crippen LogP contribution >= 0.6 is 34.5 Å². The number of non-ortho nitro benzene ring substituents is 1. The van der Waals surface area contributed by atoms with Gasteiger partial charge < -0.3 is 4.90 Å². The molecule has 3 aromatic rings. The van der Waals surface area contributed by atoms with Crippen molar-refractivity contribution in [3.05, 3.63) is 78.8 Å². The van der Waals surface area contributed by atoms with Crippen LogP contribution in [0, 0.1) is 17.0 Å². The summed E-state index contributed by atoms with van der Waals surface area (Å²) in [5.74, 6) is 0. The predicted octanol–water partition coefficient (Wildman–Crippen LogP) is 4.96. The van der Waals surface area contributed by atoms with Gasteiger partial charge in [-0.15, -0.1) is 11.3 Å². The van der Waals surface area contributed by atoms with Gasteiger partial charge in [0, 0.05) is 48.7 Å². The molecule has 34 heavy (non-hydrogen) atoms. The second kappa shape index (κ2) is 10.2. The topological polar surface area (TPSA) is 96.7 Å². The number of halogens is 2.